The van der Waals surface area contributed by atoms with Gasteiger partial charge in [0.05, 0.1) is 6.10 Å². The number of aliphatic hydroxyl groups is 1. The van der Waals surface area contributed by atoms with E-state index in [2.05, 4.69) is 0 Å². The first-order valence-corrected chi connectivity index (χ1v) is 5.77. The number of hydrogen-bond donors (Lipinski definition) is 1. The number of hydrogen-bond acceptors (Lipinski definition) is 3. The van der Waals surface area contributed by atoms with Crippen molar-refractivity contribution in [3.63, 3.8) is 0 Å². The number of esters is 1. The molecule has 0 saturated heterocycles. The Balaban J connectivity index is 2.31. The molecule has 1 aliphatic carbocycles. The van der Waals surface area contributed by atoms with E-state index in [9.17, 15) is 9.90 Å². The van der Waals surface area contributed by atoms with Gasteiger partial charge in [-0.15, -0.1) is 0 Å². The fraction of sp³-hybridized carbons (Fsp3) is 0.917. The second-order valence-electron chi connectivity index (χ2n) is 5.48. The van der Waals surface area contributed by atoms with Gasteiger partial charge in [-0.3, -0.25) is 4.79 Å². The zero-order valence-corrected chi connectivity index (χ0v) is 9.95. The Kier molecular flexibility index (Phi) is 4.14. The van der Waals surface area contributed by atoms with Crippen molar-refractivity contribution in [2.75, 3.05) is 0 Å². The first kappa shape index (κ1) is 12.5. The molecule has 1 saturated carbocycles. The standard InChI is InChI=1S/C12H22O3/c1-12(2,3)15-11(14)8-9-5-4-6-10(13)7-9/h9-10,13H,4-8H2,1-3H3. The van der Waals surface area contributed by atoms with Gasteiger partial charge in [-0.25, -0.2) is 0 Å². The molecule has 15 heavy (non-hydrogen) atoms. The van der Waals surface area contributed by atoms with Crippen molar-refractivity contribution < 1.29 is 14.6 Å². The number of ether oxygens (including phenoxy) is 1. The van der Waals surface area contributed by atoms with Crippen molar-refractivity contribution in [1.82, 2.24) is 0 Å². The van der Waals surface area contributed by atoms with Crippen molar-refractivity contribution >= 4 is 5.97 Å². The average molecular weight is 214 g/mol. The molecule has 2 unspecified atom stereocenters. The number of carbonyl (C=O) groups is 1. The Morgan fingerprint density at radius 2 is 2.07 bits per heavy atom. The number of carbonyl (C=O) groups excluding carboxylic acids is 1. The van der Waals surface area contributed by atoms with Crippen LogP contribution in [-0.4, -0.2) is 22.8 Å². The van der Waals surface area contributed by atoms with E-state index < -0.39 is 5.60 Å². The van der Waals surface area contributed by atoms with Gasteiger partial charge in [-0.2, -0.15) is 0 Å². The van der Waals surface area contributed by atoms with E-state index in [0.29, 0.717) is 12.3 Å². The van der Waals surface area contributed by atoms with Gasteiger partial charge in [0.15, 0.2) is 0 Å². The predicted octanol–water partition coefficient (Wildman–Crippen LogP) is 2.27. The minimum atomic E-state index is -0.398. The van der Waals surface area contributed by atoms with E-state index in [0.717, 1.165) is 25.7 Å². The normalized spacial score (nSPS) is 27.5. The van der Waals surface area contributed by atoms with Crippen LogP contribution in [0.5, 0.6) is 0 Å². The minimum Gasteiger partial charge on any atom is -0.460 e. The highest BCUT2D eigenvalue weighted by molar-refractivity contribution is 5.70. The topological polar surface area (TPSA) is 46.5 Å². The smallest absolute Gasteiger partial charge is 0.306 e. The van der Waals surface area contributed by atoms with Crippen LogP contribution in [0.15, 0.2) is 0 Å². The van der Waals surface area contributed by atoms with Crippen molar-refractivity contribution in [3.05, 3.63) is 0 Å². The van der Waals surface area contributed by atoms with E-state index in [1.165, 1.54) is 0 Å². The highest BCUT2D eigenvalue weighted by Crippen LogP contribution is 2.27. The summed E-state index contributed by atoms with van der Waals surface area (Å²) in [7, 11) is 0. The van der Waals surface area contributed by atoms with Crippen LogP contribution in [0.1, 0.15) is 52.9 Å². The molecule has 1 rings (SSSR count). The summed E-state index contributed by atoms with van der Waals surface area (Å²) in [5, 5.41) is 9.47. The van der Waals surface area contributed by atoms with Crippen LogP contribution < -0.4 is 0 Å². The third kappa shape index (κ3) is 5.17. The lowest BCUT2D eigenvalue weighted by Gasteiger charge is -2.26. The molecule has 3 nitrogen and oxygen atoms in total. The van der Waals surface area contributed by atoms with Crippen LogP contribution in [0.3, 0.4) is 0 Å². The molecule has 1 fully saturated rings. The predicted molar refractivity (Wildman–Crippen MR) is 58.4 cm³/mol. The van der Waals surface area contributed by atoms with Crippen molar-refractivity contribution in [2.45, 2.75) is 64.6 Å². The molecule has 2 atom stereocenters. The maximum Gasteiger partial charge on any atom is 0.306 e. The zero-order chi connectivity index (χ0) is 11.5. The molecule has 0 radical (unpaired) electrons. The highest BCUT2D eigenvalue weighted by atomic mass is 16.6. The fourth-order valence-electron chi connectivity index (χ4n) is 2.07. The van der Waals surface area contributed by atoms with E-state index in [-0.39, 0.29) is 12.1 Å². The molecule has 1 N–H and O–H groups in total. The van der Waals surface area contributed by atoms with Gasteiger partial charge in [0.25, 0.3) is 0 Å². The van der Waals surface area contributed by atoms with E-state index in [4.69, 9.17) is 4.74 Å². The van der Waals surface area contributed by atoms with Crippen molar-refractivity contribution in [2.24, 2.45) is 5.92 Å². The molecule has 0 aromatic carbocycles. The molecule has 0 aromatic heterocycles. The molecule has 0 bridgehead atoms. The summed E-state index contributed by atoms with van der Waals surface area (Å²) in [6.45, 7) is 5.63. The first-order chi connectivity index (χ1) is 6.87. The van der Waals surface area contributed by atoms with Gasteiger partial charge in [-0.05, 0) is 46.0 Å². The molecule has 0 amide bonds. The Hall–Kier alpha value is -0.570. The van der Waals surface area contributed by atoms with Gasteiger partial charge in [0, 0.05) is 6.42 Å². The van der Waals surface area contributed by atoms with E-state index in [1.807, 2.05) is 20.8 Å². The van der Waals surface area contributed by atoms with Crippen LogP contribution in [0.2, 0.25) is 0 Å². The van der Waals surface area contributed by atoms with Crippen molar-refractivity contribution in [1.29, 1.82) is 0 Å². The summed E-state index contributed by atoms with van der Waals surface area (Å²) in [5.74, 6) is 0.171. The van der Waals surface area contributed by atoms with Gasteiger partial charge in [-0.1, -0.05) is 6.42 Å². The molecule has 0 aromatic rings. The van der Waals surface area contributed by atoms with Gasteiger partial charge >= 0.3 is 5.97 Å². The first-order valence-electron chi connectivity index (χ1n) is 5.77. The molecule has 88 valence electrons. The van der Waals surface area contributed by atoms with Crippen LogP contribution in [0, 0.1) is 5.92 Å². The van der Waals surface area contributed by atoms with Crippen LogP contribution in [-0.2, 0) is 9.53 Å². The molecule has 0 spiro atoms. The van der Waals surface area contributed by atoms with Gasteiger partial charge in [0.2, 0.25) is 0 Å². The van der Waals surface area contributed by atoms with Crippen LogP contribution >= 0.6 is 0 Å². The van der Waals surface area contributed by atoms with Gasteiger partial charge < -0.3 is 9.84 Å². The van der Waals surface area contributed by atoms with Crippen LogP contribution in [0.25, 0.3) is 0 Å². The Morgan fingerprint density at radius 3 is 2.60 bits per heavy atom. The molecule has 3 heteroatoms. The Bertz CT molecular complexity index is 217. The SMILES string of the molecule is CC(C)(C)OC(=O)CC1CCCC(O)C1. The van der Waals surface area contributed by atoms with Gasteiger partial charge in [0.1, 0.15) is 5.60 Å². The lowest BCUT2D eigenvalue weighted by Crippen LogP contribution is -2.27. The molecular weight excluding hydrogens is 192 g/mol. The van der Waals surface area contributed by atoms with E-state index in [1.54, 1.807) is 0 Å². The lowest BCUT2D eigenvalue weighted by molar-refractivity contribution is -0.156. The zero-order valence-electron chi connectivity index (χ0n) is 9.95. The quantitative estimate of drug-likeness (QED) is 0.717. The molecule has 1 aliphatic rings. The summed E-state index contributed by atoms with van der Waals surface area (Å²) in [6, 6.07) is 0. The highest BCUT2D eigenvalue weighted by Gasteiger charge is 2.25. The van der Waals surface area contributed by atoms with Crippen molar-refractivity contribution in [3.8, 4) is 0 Å². The second kappa shape index (κ2) is 4.97. The maximum absolute atomic E-state index is 11.5. The summed E-state index contributed by atoms with van der Waals surface area (Å²) < 4.78 is 5.26. The third-order valence-corrected chi connectivity index (χ3v) is 2.63. The second-order valence-corrected chi connectivity index (χ2v) is 5.48. The van der Waals surface area contributed by atoms with E-state index >= 15 is 0 Å². The Labute approximate surface area is 91.8 Å². The summed E-state index contributed by atoms with van der Waals surface area (Å²) in [4.78, 5) is 11.5. The molecule has 0 aliphatic heterocycles. The maximum atomic E-state index is 11.5. The monoisotopic (exact) mass is 214 g/mol. The Morgan fingerprint density at radius 1 is 1.40 bits per heavy atom. The molecule has 0 heterocycles. The summed E-state index contributed by atoms with van der Waals surface area (Å²) in [5.41, 5.74) is -0.398. The van der Waals surface area contributed by atoms with Crippen LogP contribution in [0.4, 0.5) is 0 Å². The fourth-order valence-corrected chi connectivity index (χ4v) is 2.07. The summed E-state index contributed by atoms with van der Waals surface area (Å²) >= 11 is 0. The molecular formula is C12H22O3. The summed E-state index contributed by atoms with van der Waals surface area (Å²) in [6.07, 6.45) is 3.93. The largest absolute Gasteiger partial charge is 0.460 e. The lowest BCUT2D eigenvalue weighted by atomic mass is 9.85. The average Bonchev–Trinajstić information content (AvgIpc) is 1.99. The number of aliphatic hydroxyl groups excluding tert-OH is 1. The minimum absolute atomic E-state index is 0.137. The number of rotatable bonds is 2. The third-order valence-electron chi connectivity index (χ3n) is 2.63.